The zero-order valence-electron chi connectivity index (χ0n) is 19.4. The Hall–Kier alpha value is -3.97. The number of rotatable bonds is 8. The van der Waals surface area contributed by atoms with Gasteiger partial charge < -0.3 is 28.5 Å². The van der Waals surface area contributed by atoms with Gasteiger partial charge in [0.25, 0.3) is 5.89 Å². The molecule has 1 unspecified atom stereocenters. The largest absolute Gasteiger partial charge is 0.497 e. The Morgan fingerprint density at radius 1 is 1.24 bits per heavy atom. The van der Waals surface area contributed by atoms with E-state index < -0.39 is 0 Å². The van der Waals surface area contributed by atoms with Gasteiger partial charge >= 0.3 is 0 Å². The molecular weight excluding hydrogens is 438 g/mol. The lowest BCUT2D eigenvalue weighted by Gasteiger charge is -2.34. The lowest BCUT2D eigenvalue weighted by molar-refractivity contribution is -0.123. The average molecular weight is 466 g/mol. The molecule has 0 saturated carbocycles. The minimum Gasteiger partial charge on any atom is -0.497 e. The molecule has 1 saturated heterocycles. The van der Waals surface area contributed by atoms with E-state index in [1.165, 1.54) is 6.26 Å². The molecule has 0 spiro atoms. The fourth-order valence-corrected chi connectivity index (χ4v) is 3.96. The number of nitriles is 1. The number of carbonyl (C=O) groups excluding carboxylic acids is 1. The minimum absolute atomic E-state index is 0.0803. The molecule has 2 aromatic heterocycles. The molecule has 0 radical (unpaired) electrons. The minimum atomic E-state index is -0.244. The maximum absolute atomic E-state index is 12.7. The zero-order valence-corrected chi connectivity index (χ0v) is 19.4. The fourth-order valence-electron chi connectivity index (χ4n) is 3.96. The molecule has 1 aliphatic heterocycles. The third-order valence-corrected chi connectivity index (χ3v) is 5.75. The second-order valence-electron chi connectivity index (χ2n) is 7.92. The number of nitrogens with zero attached hydrogens (tertiary/aromatic N) is 4. The zero-order chi connectivity index (χ0) is 24.1. The molecule has 4 rings (SSSR count). The molecule has 34 heavy (non-hydrogen) atoms. The number of methoxy groups -OCH3 is 2. The predicted octanol–water partition coefficient (Wildman–Crippen LogP) is 2.82. The van der Waals surface area contributed by atoms with Crippen molar-refractivity contribution in [1.29, 1.82) is 5.26 Å². The van der Waals surface area contributed by atoms with E-state index in [0.29, 0.717) is 49.3 Å². The third kappa shape index (κ3) is 5.00. The summed E-state index contributed by atoms with van der Waals surface area (Å²) in [6.07, 6.45) is 1.53. The Bertz CT molecular complexity index is 1160. The van der Waals surface area contributed by atoms with Crippen molar-refractivity contribution in [1.82, 2.24) is 15.2 Å². The molecule has 1 aliphatic rings. The molecule has 10 nitrogen and oxygen atoms in total. The van der Waals surface area contributed by atoms with Crippen molar-refractivity contribution >= 4 is 11.8 Å². The van der Waals surface area contributed by atoms with Crippen LogP contribution in [0.2, 0.25) is 0 Å². The van der Waals surface area contributed by atoms with Crippen LogP contribution in [0.25, 0.3) is 11.7 Å². The molecule has 1 atom stereocenters. The van der Waals surface area contributed by atoms with Crippen LogP contribution in [0.3, 0.4) is 0 Å². The van der Waals surface area contributed by atoms with Gasteiger partial charge in [0.1, 0.15) is 17.6 Å². The van der Waals surface area contributed by atoms with Gasteiger partial charge in [0, 0.05) is 31.7 Å². The van der Waals surface area contributed by atoms with Crippen molar-refractivity contribution in [2.24, 2.45) is 0 Å². The number of aromatic nitrogens is 1. The van der Waals surface area contributed by atoms with Crippen LogP contribution in [0.15, 0.2) is 45.4 Å². The van der Waals surface area contributed by atoms with Crippen LogP contribution in [0.1, 0.15) is 24.2 Å². The summed E-state index contributed by atoms with van der Waals surface area (Å²) < 4.78 is 21.9. The predicted molar refractivity (Wildman–Crippen MR) is 124 cm³/mol. The van der Waals surface area contributed by atoms with Gasteiger partial charge in [0.15, 0.2) is 5.76 Å². The van der Waals surface area contributed by atoms with Crippen LogP contribution in [0, 0.1) is 11.3 Å². The molecule has 1 fully saturated rings. The van der Waals surface area contributed by atoms with Gasteiger partial charge in [-0.2, -0.15) is 10.2 Å². The molecule has 10 heteroatoms. The van der Waals surface area contributed by atoms with Gasteiger partial charge in [-0.25, -0.2) is 0 Å². The molecule has 1 amide bonds. The van der Waals surface area contributed by atoms with Crippen LogP contribution in [-0.4, -0.2) is 62.7 Å². The SMILES string of the molecule is COc1ccc(OC)c(C(C)NC(=O)CN2CCN(c3oc(-c4ccco4)nc3C#N)CC2)c1. The highest BCUT2D eigenvalue weighted by atomic mass is 16.5. The fraction of sp³-hybridized carbons (Fsp3) is 0.375. The Labute approximate surface area is 197 Å². The van der Waals surface area contributed by atoms with Gasteiger partial charge in [0.2, 0.25) is 17.5 Å². The maximum atomic E-state index is 12.7. The summed E-state index contributed by atoms with van der Waals surface area (Å²) in [5, 5.41) is 12.5. The van der Waals surface area contributed by atoms with E-state index >= 15 is 0 Å². The molecule has 0 bridgehead atoms. The van der Waals surface area contributed by atoms with Crippen molar-refractivity contribution < 1.29 is 23.1 Å². The summed E-state index contributed by atoms with van der Waals surface area (Å²) in [5.41, 5.74) is 1.07. The Morgan fingerprint density at radius 3 is 2.68 bits per heavy atom. The summed E-state index contributed by atoms with van der Waals surface area (Å²) in [4.78, 5) is 21.0. The highest BCUT2D eigenvalue weighted by molar-refractivity contribution is 5.78. The van der Waals surface area contributed by atoms with Crippen molar-refractivity contribution in [3.05, 3.63) is 47.9 Å². The summed E-state index contributed by atoms with van der Waals surface area (Å²) in [7, 11) is 3.20. The Balaban J connectivity index is 1.33. The average Bonchev–Trinajstić information content (AvgIpc) is 3.54. The van der Waals surface area contributed by atoms with E-state index in [1.807, 2.05) is 30.0 Å². The van der Waals surface area contributed by atoms with Crippen molar-refractivity contribution in [3.63, 3.8) is 0 Å². The van der Waals surface area contributed by atoms with Gasteiger partial charge in [-0.05, 0) is 37.3 Å². The summed E-state index contributed by atoms with van der Waals surface area (Å²) in [6.45, 7) is 4.68. The van der Waals surface area contributed by atoms with Crippen LogP contribution in [-0.2, 0) is 4.79 Å². The van der Waals surface area contributed by atoms with E-state index in [1.54, 1.807) is 26.4 Å². The number of anilines is 1. The number of ether oxygens (including phenoxy) is 2. The van der Waals surface area contributed by atoms with Gasteiger partial charge in [-0.3, -0.25) is 9.69 Å². The van der Waals surface area contributed by atoms with E-state index in [4.69, 9.17) is 18.3 Å². The number of hydrogen-bond donors (Lipinski definition) is 1. The number of hydrogen-bond acceptors (Lipinski definition) is 9. The van der Waals surface area contributed by atoms with Gasteiger partial charge in [0.05, 0.1) is 33.1 Å². The first-order valence-electron chi connectivity index (χ1n) is 11.0. The Morgan fingerprint density at radius 2 is 2.03 bits per heavy atom. The van der Waals surface area contributed by atoms with Gasteiger partial charge in [-0.15, -0.1) is 0 Å². The molecular formula is C24H27N5O5. The summed E-state index contributed by atoms with van der Waals surface area (Å²) in [6, 6.07) is 10.8. The number of oxazole rings is 1. The molecule has 3 aromatic rings. The monoisotopic (exact) mass is 465 g/mol. The van der Waals surface area contributed by atoms with Crippen molar-refractivity contribution in [2.45, 2.75) is 13.0 Å². The van der Waals surface area contributed by atoms with Crippen molar-refractivity contribution in [3.8, 4) is 29.2 Å². The lowest BCUT2D eigenvalue weighted by atomic mass is 10.1. The quantitative estimate of drug-likeness (QED) is 0.536. The highest BCUT2D eigenvalue weighted by Gasteiger charge is 2.26. The molecule has 1 N–H and O–H groups in total. The topological polar surface area (TPSA) is 117 Å². The number of nitrogens with one attached hydrogen (secondary N) is 1. The highest BCUT2D eigenvalue weighted by Crippen LogP contribution is 2.30. The number of furan rings is 1. The number of amides is 1. The molecule has 1 aromatic carbocycles. The summed E-state index contributed by atoms with van der Waals surface area (Å²) in [5.74, 6) is 2.49. The number of benzene rings is 1. The lowest BCUT2D eigenvalue weighted by Crippen LogP contribution is -2.49. The van der Waals surface area contributed by atoms with E-state index in [2.05, 4.69) is 21.3 Å². The standard InChI is InChI=1S/C24H27N5O5/c1-16(18-13-17(31-2)6-7-20(18)32-3)26-22(30)15-28-8-10-29(11-9-28)24-19(14-25)27-23(34-24)21-5-4-12-33-21/h4-7,12-13,16H,8-11,15H2,1-3H3,(H,26,30). The van der Waals surface area contributed by atoms with Crippen LogP contribution < -0.4 is 19.7 Å². The van der Waals surface area contributed by atoms with E-state index in [9.17, 15) is 10.1 Å². The van der Waals surface area contributed by atoms with Crippen LogP contribution in [0.4, 0.5) is 5.88 Å². The van der Waals surface area contributed by atoms with Crippen LogP contribution in [0.5, 0.6) is 11.5 Å². The van der Waals surface area contributed by atoms with Crippen LogP contribution >= 0.6 is 0 Å². The smallest absolute Gasteiger partial charge is 0.266 e. The number of carbonyl (C=O) groups is 1. The summed E-state index contributed by atoms with van der Waals surface area (Å²) >= 11 is 0. The van der Waals surface area contributed by atoms with Gasteiger partial charge in [-0.1, -0.05) is 0 Å². The second kappa shape index (κ2) is 10.3. The normalized spacial score (nSPS) is 14.9. The first-order chi connectivity index (χ1) is 16.5. The van der Waals surface area contributed by atoms with E-state index in [-0.39, 0.29) is 30.1 Å². The Kier molecular flexibility index (Phi) is 7.04. The van der Waals surface area contributed by atoms with Crippen molar-refractivity contribution in [2.75, 3.05) is 51.8 Å². The van der Waals surface area contributed by atoms with E-state index in [0.717, 1.165) is 5.56 Å². The molecule has 0 aliphatic carbocycles. The first-order valence-corrected chi connectivity index (χ1v) is 11.0. The number of piperazine rings is 1. The maximum Gasteiger partial charge on any atom is 0.266 e. The third-order valence-electron chi connectivity index (χ3n) is 5.75. The molecule has 3 heterocycles. The molecule has 178 valence electrons. The second-order valence-corrected chi connectivity index (χ2v) is 7.92. The first kappa shape index (κ1) is 23.2.